The molecule has 0 aromatic carbocycles. The summed E-state index contributed by atoms with van der Waals surface area (Å²) < 4.78 is 2.03. The zero-order chi connectivity index (χ0) is 13.9. The number of anilines is 2. The van der Waals surface area contributed by atoms with Gasteiger partial charge >= 0.3 is 0 Å². The van der Waals surface area contributed by atoms with Crippen LogP contribution in [0.1, 0.15) is 31.5 Å². The third kappa shape index (κ3) is 3.05. The fourth-order valence-corrected chi connectivity index (χ4v) is 2.15. The zero-order valence-corrected chi connectivity index (χ0v) is 11.5. The minimum absolute atomic E-state index is 0.233. The zero-order valence-electron chi connectivity index (χ0n) is 11.5. The van der Waals surface area contributed by atoms with Crippen LogP contribution in [0.15, 0.2) is 24.8 Å². The molecule has 1 aliphatic carbocycles. The molecule has 1 fully saturated rings. The number of nitrogens with two attached hydrogens (primary N) is 1. The van der Waals surface area contributed by atoms with Gasteiger partial charge in [0.2, 0.25) is 0 Å². The summed E-state index contributed by atoms with van der Waals surface area (Å²) in [4.78, 5) is 13.0. The summed E-state index contributed by atoms with van der Waals surface area (Å²) in [6.07, 6.45) is 7.86. The average molecular weight is 273 g/mol. The summed E-state index contributed by atoms with van der Waals surface area (Å²) in [5.74, 6) is 8.29. The predicted octanol–water partition coefficient (Wildman–Crippen LogP) is 1.34. The van der Waals surface area contributed by atoms with E-state index in [1.54, 1.807) is 12.5 Å². The van der Waals surface area contributed by atoms with Crippen LogP contribution in [0.25, 0.3) is 0 Å². The van der Waals surface area contributed by atoms with Gasteiger partial charge in [0.05, 0.1) is 6.33 Å². The Bertz CT molecular complexity index is 562. The third-order valence-electron chi connectivity index (χ3n) is 3.27. The lowest BCUT2D eigenvalue weighted by Crippen LogP contribution is -2.22. The van der Waals surface area contributed by atoms with Gasteiger partial charge in [0.1, 0.15) is 17.5 Å². The fraction of sp³-hybridized carbons (Fsp3) is 0.462. The van der Waals surface area contributed by atoms with E-state index in [4.69, 9.17) is 5.84 Å². The van der Waals surface area contributed by atoms with E-state index in [0.717, 1.165) is 31.0 Å². The molecule has 7 heteroatoms. The molecule has 4 N–H and O–H groups in total. The van der Waals surface area contributed by atoms with Crippen LogP contribution >= 0.6 is 0 Å². The second-order valence-corrected chi connectivity index (χ2v) is 5.22. The van der Waals surface area contributed by atoms with Gasteiger partial charge < -0.3 is 15.3 Å². The van der Waals surface area contributed by atoms with E-state index in [1.807, 2.05) is 16.8 Å². The lowest BCUT2D eigenvalue weighted by atomic mass is 10.3. The van der Waals surface area contributed by atoms with E-state index in [9.17, 15) is 0 Å². The Kier molecular flexibility index (Phi) is 3.51. The highest BCUT2D eigenvalue weighted by atomic mass is 15.3. The maximum absolute atomic E-state index is 5.47. The molecule has 2 aromatic heterocycles. The van der Waals surface area contributed by atoms with E-state index in [-0.39, 0.29) is 6.04 Å². The second-order valence-electron chi connectivity index (χ2n) is 5.22. The van der Waals surface area contributed by atoms with Crippen LogP contribution < -0.4 is 16.6 Å². The fourth-order valence-electron chi connectivity index (χ4n) is 2.15. The number of rotatable bonds is 6. The molecule has 0 saturated heterocycles. The summed E-state index contributed by atoms with van der Waals surface area (Å²) >= 11 is 0. The maximum atomic E-state index is 5.47. The molecule has 0 amide bonds. The summed E-state index contributed by atoms with van der Waals surface area (Å²) in [6.45, 7) is 2.93. The maximum Gasteiger partial charge on any atom is 0.145 e. The molecule has 20 heavy (non-hydrogen) atoms. The standard InChI is InChI=1S/C13H19N7/c1-9(7-20-5-4-15-8-20)16-11-6-12(19-14)18-13(17-11)10-2-3-10/h4-6,8-10H,2-3,7,14H2,1H3,(H2,16,17,18,19). The van der Waals surface area contributed by atoms with Gasteiger partial charge in [-0.25, -0.2) is 20.8 Å². The highest BCUT2D eigenvalue weighted by Gasteiger charge is 2.27. The molecule has 106 valence electrons. The number of hydrazine groups is 1. The topological polar surface area (TPSA) is 93.7 Å². The Labute approximate surface area is 117 Å². The summed E-state index contributed by atoms with van der Waals surface area (Å²) in [5.41, 5.74) is 2.60. The monoisotopic (exact) mass is 273 g/mol. The molecule has 7 nitrogen and oxygen atoms in total. The minimum atomic E-state index is 0.233. The van der Waals surface area contributed by atoms with Crippen molar-refractivity contribution in [3.63, 3.8) is 0 Å². The van der Waals surface area contributed by atoms with Crippen molar-refractivity contribution >= 4 is 11.6 Å². The Hall–Kier alpha value is -2.15. The SMILES string of the molecule is CC(Cn1ccnc1)Nc1cc(NN)nc(C2CC2)n1. The normalized spacial score (nSPS) is 15.9. The molecular formula is C13H19N7. The molecule has 0 bridgehead atoms. The van der Waals surface area contributed by atoms with Crippen LogP contribution in [0.3, 0.4) is 0 Å². The molecule has 1 atom stereocenters. The summed E-state index contributed by atoms with van der Waals surface area (Å²) in [6, 6.07) is 2.06. The molecule has 1 unspecified atom stereocenters. The van der Waals surface area contributed by atoms with E-state index >= 15 is 0 Å². The van der Waals surface area contributed by atoms with Gasteiger partial charge in [-0.2, -0.15) is 0 Å². The van der Waals surface area contributed by atoms with Crippen molar-refractivity contribution in [2.75, 3.05) is 10.7 Å². The number of nitrogen functional groups attached to an aromatic ring is 1. The Morgan fingerprint density at radius 2 is 2.20 bits per heavy atom. The Morgan fingerprint density at radius 3 is 2.85 bits per heavy atom. The van der Waals surface area contributed by atoms with E-state index in [0.29, 0.717) is 11.7 Å². The number of hydrogen-bond donors (Lipinski definition) is 3. The average Bonchev–Trinajstić information content (AvgIpc) is 3.17. The van der Waals surface area contributed by atoms with Crippen molar-refractivity contribution in [3.8, 4) is 0 Å². The van der Waals surface area contributed by atoms with Gasteiger partial charge in [-0.05, 0) is 19.8 Å². The van der Waals surface area contributed by atoms with Crippen molar-refractivity contribution in [2.45, 2.75) is 38.3 Å². The van der Waals surface area contributed by atoms with Gasteiger partial charge in [0, 0.05) is 37.0 Å². The minimum Gasteiger partial charge on any atom is -0.366 e. The van der Waals surface area contributed by atoms with Crippen molar-refractivity contribution in [3.05, 3.63) is 30.6 Å². The largest absolute Gasteiger partial charge is 0.366 e. The van der Waals surface area contributed by atoms with Crippen LogP contribution in [0.4, 0.5) is 11.6 Å². The molecule has 0 radical (unpaired) electrons. The van der Waals surface area contributed by atoms with Crippen molar-refractivity contribution in [1.82, 2.24) is 19.5 Å². The van der Waals surface area contributed by atoms with Crippen molar-refractivity contribution < 1.29 is 0 Å². The highest BCUT2D eigenvalue weighted by molar-refractivity contribution is 5.48. The van der Waals surface area contributed by atoms with Crippen LogP contribution in [-0.4, -0.2) is 25.6 Å². The number of nitrogens with zero attached hydrogens (tertiary/aromatic N) is 4. The van der Waals surface area contributed by atoms with E-state index in [2.05, 4.69) is 32.6 Å². The molecule has 1 saturated carbocycles. The number of imidazole rings is 1. The summed E-state index contributed by atoms with van der Waals surface area (Å²) in [7, 11) is 0. The molecule has 3 rings (SSSR count). The van der Waals surface area contributed by atoms with Gasteiger partial charge in [0.25, 0.3) is 0 Å². The van der Waals surface area contributed by atoms with Crippen molar-refractivity contribution in [1.29, 1.82) is 0 Å². The van der Waals surface area contributed by atoms with Gasteiger partial charge in [-0.1, -0.05) is 0 Å². The van der Waals surface area contributed by atoms with Crippen LogP contribution in [-0.2, 0) is 6.54 Å². The third-order valence-corrected chi connectivity index (χ3v) is 3.27. The second kappa shape index (κ2) is 5.46. The first kappa shape index (κ1) is 12.9. The number of nitrogens with one attached hydrogen (secondary N) is 2. The first-order chi connectivity index (χ1) is 9.74. The number of aromatic nitrogens is 4. The Balaban J connectivity index is 1.70. The van der Waals surface area contributed by atoms with Crippen LogP contribution in [0.2, 0.25) is 0 Å². The molecule has 0 aliphatic heterocycles. The quantitative estimate of drug-likeness (QED) is 0.543. The van der Waals surface area contributed by atoms with Crippen molar-refractivity contribution in [2.24, 2.45) is 5.84 Å². The molecule has 2 aromatic rings. The first-order valence-corrected chi connectivity index (χ1v) is 6.82. The Morgan fingerprint density at radius 1 is 1.40 bits per heavy atom. The molecule has 1 aliphatic rings. The molecule has 0 spiro atoms. The van der Waals surface area contributed by atoms with E-state index < -0.39 is 0 Å². The predicted molar refractivity (Wildman–Crippen MR) is 77.1 cm³/mol. The number of hydrogen-bond acceptors (Lipinski definition) is 6. The summed E-state index contributed by atoms with van der Waals surface area (Å²) in [5, 5.41) is 3.38. The smallest absolute Gasteiger partial charge is 0.145 e. The highest BCUT2D eigenvalue weighted by Crippen LogP contribution is 2.38. The van der Waals surface area contributed by atoms with Gasteiger partial charge in [-0.15, -0.1) is 0 Å². The molecular weight excluding hydrogens is 254 g/mol. The van der Waals surface area contributed by atoms with Crippen LogP contribution in [0.5, 0.6) is 0 Å². The van der Waals surface area contributed by atoms with Gasteiger partial charge in [0.15, 0.2) is 0 Å². The van der Waals surface area contributed by atoms with Gasteiger partial charge in [-0.3, -0.25) is 0 Å². The molecule has 2 heterocycles. The first-order valence-electron chi connectivity index (χ1n) is 6.82. The van der Waals surface area contributed by atoms with Crippen LogP contribution in [0, 0.1) is 0 Å². The lowest BCUT2D eigenvalue weighted by molar-refractivity contribution is 0.616. The van der Waals surface area contributed by atoms with E-state index in [1.165, 1.54) is 0 Å². The lowest BCUT2D eigenvalue weighted by Gasteiger charge is -2.16.